The van der Waals surface area contributed by atoms with Gasteiger partial charge < -0.3 is 15.8 Å². The van der Waals surface area contributed by atoms with E-state index in [1.54, 1.807) is 6.07 Å². The second kappa shape index (κ2) is 7.84. The third kappa shape index (κ3) is 5.80. The maximum Gasteiger partial charge on any atom is 0.248 e. The molecule has 0 aliphatic carbocycles. The van der Waals surface area contributed by atoms with Gasteiger partial charge in [0, 0.05) is 25.3 Å². The van der Waals surface area contributed by atoms with Gasteiger partial charge in [-0.3, -0.25) is 4.79 Å². The van der Waals surface area contributed by atoms with Crippen LogP contribution in [0.25, 0.3) is 0 Å². The van der Waals surface area contributed by atoms with Crippen molar-refractivity contribution < 1.29 is 9.53 Å². The number of nitrogens with one attached hydrogen (secondary N) is 1. The Hall–Kier alpha value is -1.39. The van der Waals surface area contributed by atoms with E-state index in [9.17, 15) is 4.79 Å². The quantitative estimate of drug-likeness (QED) is 0.688. The molecule has 0 aliphatic rings. The molecule has 1 aromatic carbocycles. The van der Waals surface area contributed by atoms with Gasteiger partial charge >= 0.3 is 0 Å². The zero-order valence-electron chi connectivity index (χ0n) is 11.1. The molecule has 0 bridgehead atoms. The molecule has 0 unspecified atom stereocenters. The van der Waals surface area contributed by atoms with Gasteiger partial charge in [0.1, 0.15) is 0 Å². The van der Waals surface area contributed by atoms with Gasteiger partial charge in [-0.1, -0.05) is 26.0 Å². The molecule has 1 aromatic rings. The van der Waals surface area contributed by atoms with Gasteiger partial charge in [0.15, 0.2) is 0 Å². The summed E-state index contributed by atoms with van der Waals surface area (Å²) in [5, 5.41) is 3.26. The maximum atomic E-state index is 11.0. The highest BCUT2D eigenvalue weighted by atomic mass is 16.5. The number of carbonyl (C=O) groups excluding carboxylic acids is 1. The number of benzene rings is 1. The summed E-state index contributed by atoms with van der Waals surface area (Å²) in [5.41, 5.74) is 6.82. The van der Waals surface area contributed by atoms with E-state index in [0.717, 1.165) is 18.7 Å². The second-order valence-electron chi connectivity index (χ2n) is 4.71. The minimum absolute atomic E-state index is 0.392. The fourth-order valence-corrected chi connectivity index (χ4v) is 1.53. The fraction of sp³-hybridized carbons (Fsp3) is 0.500. The summed E-state index contributed by atoms with van der Waals surface area (Å²) >= 11 is 0. The minimum Gasteiger partial charge on any atom is -0.380 e. The molecule has 0 saturated heterocycles. The molecule has 3 N–H and O–H groups in total. The standard InChI is InChI=1S/C14H22N2O2/c1-11(2)10-18-7-6-16-9-12-4-3-5-13(8-12)14(15)17/h3-5,8,11,16H,6-7,9-10H2,1-2H3,(H2,15,17). The Morgan fingerprint density at radius 2 is 2.22 bits per heavy atom. The molecule has 0 saturated carbocycles. The highest BCUT2D eigenvalue weighted by Crippen LogP contribution is 2.04. The van der Waals surface area contributed by atoms with Crippen LogP contribution in [0.4, 0.5) is 0 Å². The molecule has 1 amide bonds. The summed E-state index contributed by atoms with van der Waals surface area (Å²) in [4.78, 5) is 11.0. The van der Waals surface area contributed by atoms with Crippen molar-refractivity contribution in [3.63, 3.8) is 0 Å². The monoisotopic (exact) mass is 250 g/mol. The molecule has 0 fully saturated rings. The first-order valence-corrected chi connectivity index (χ1v) is 6.27. The minimum atomic E-state index is -0.392. The van der Waals surface area contributed by atoms with E-state index >= 15 is 0 Å². The van der Waals surface area contributed by atoms with E-state index in [1.807, 2.05) is 18.2 Å². The SMILES string of the molecule is CC(C)COCCNCc1cccc(C(N)=O)c1. The summed E-state index contributed by atoms with van der Waals surface area (Å²) in [6.07, 6.45) is 0. The van der Waals surface area contributed by atoms with Crippen molar-refractivity contribution in [2.75, 3.05) is 19.8 Å². The highest BCUT2D eigenvalue weighted by molar-refractivity contribution is 5.92. The molecule has 4 heteroatoms. The van der Waals surface area contributed by atoms with Crippen LogP contribution in [0, 0.1) is 5.92 Å². The van der Waals surface area contributed by atoms with Crippen LogP contribution in [-0.2, 0) is 11.3 Å². The van der Waals surface area contributed by atoms with Crippen LogP contribution < -0.4 is 11.1 Å². The summed E-state index contributed by atoms with van der Waals surface area (Å²) in [6.45, 7) is 7.26. The third-order valence-corrected chi connectivity index (χ3v) is 2.41. The molecule has 0 aliphatic heterocycles. The number of carbonyl (C=O) groups is 1. The Labute approximate surface area is 109 Å². The van der Waals surface area contributed by atoms with Gasteiger partial charge in [0.25, 0.3) is 0 Å². The van der Waals surface area contributed by atoms with E-state index in [2.05, 4.69) is 19.2 Å². The highest BCUT2D eigenvalue weighted by Gasteiger charge is 2.00. The number of hydrogen-bond donors (Lipinski definition) is 2. The van der Waals surface area contributed by atoms with E-state index in [1.165, 1.54) is 0 Å². The molecule has 0 aromatic heterocycles. The predicted molar refractivity (Wildman–Crippen MR) is 72.3 cm³/mol. The van der Waals surface area contributed by atoms with Gasteiger partial charge in [-0.05, 0) is 23.6 Å². The van der Waals surface area contributed by atoms with Crippen molar-refractivity contribution in [1.29, 1.82) is 0 Å². The van der Waals surface area contributed by atoms with Crippen molar-refractivity contribution in [1.82, 2.24) is 5.32 Å². The lowest BCUT2D eigenvalue weighted by molar-refractivity contribution is 0.1000. The molecular formula is C14H22N2O2. The largest absolute Gasteiger partial charge is 0.380 e. The average molecular weight is 250 g/mol. The van der Waals surface area contributed by atoms with Gasteiger partial charge in [-0.2, -0.15) is 0 Å². The van der Waals surface area contributed by atoms with E-state index in [0.29, 0.717) is 24.6 Å². The Bertz CT molecular complexity index is 378. The van der Waals surface area contributed by atoms with Crippen LogP contribution >= 0.6 is 0 Å². The lowest BCUT2D eigenvalue weighted by Gasteiger charge is -2.08. The summed E-state index contributed by atoms with van der Waals surface area (Å²) in [7, 11) is 0. The van der Waals surface area contributed by atoms with Crippen molar-refractivity contribution in [2.24, 2.45) is 11.7 Å². The number of rotatable bonds is 8. The topological polar surface area (TPSA) is 64.3 Å². The number of primary amides is 1. The normalized spacial score (nSPS) is 10.8. The second-order valence-corrected chi connectivity index (χ2v) is 4.71. The van der Waals surface area contributed by atoms with E-state index in [4.69, 9.17) is 10.5 Å². The molecule has 1 rings (SSSR count). The molecule has 0 spiro atoms. The lowest BCUT2D eigenvalue weighted by atomic mass is 10.1. The van der Waals surface area contributed by atoms with Crippen LogP contribution in [0.2, 0.25) is 0 Å². The van der Waals surface area contributed by atoms with Crippen LogP contribution in [0.1, 0.15) is 29.8 Å². The molecule has 0 radical (unpaired) electrons. The van der Waals surface area contributed by atoms with Gasteiger partial charge in [-0.15, -0.1) is 0 Å². The van der Waals surface area contributed by atoms with E-state index in [-0.39, 0.29) is 0 Å². The van der Waals surface area contributed by atoms with Crippen molar-refractivity contribution in [2.45, 2.75) is 20.4 Å². The van der Waals surface area contributed by atoms with Crippen LogP contribution in [-0.4, -0.2) is 25.7 Å². The molecule has 18 heavy (non-hydrogen) atoms. The smallest absolute Gasteiger partial charge is 0.248 e. The number of nitrogens with two attached hydrogens (primary N) is 1. The first-order chi connectivity index (χ1) is 8.59. The summed E-state index contributed by atoms with van der Waals surface area (Å²) in [5.74, 6) is 0.175. The van der Waals surface area contributed by atoms with Crippen molar-refractivity contribution in [3.8, 4) is 0 Å². The average Bonchev–Trinajstić information content (AvgIpc) is 2.33. The fourth-order valence-electron chi connectivity index (χ4n) is 1.53. The number of hydrogen-bond acceptors (Lipinski definition) is 3. The Kier molecular flexibility index (Phi) is 6.39. The Morgan fingerprint density at radius 3 is 2.89 bits per heavy atom. The first kappa shape index (κ1) is 14.7. The van der Waals surface area contributed by atoms with Crippen LogP contribution in [0.15, 0.2) is 24.3 Å². The zero-order valence-corrected chi connectivity index (χ0v) is 11.1. The molecule has 100 valence electrons. The van der Waals surface area contributed by atoms with Crippen LogP contribution in [0.3, 0.4) is 0 Å². The number of ether oxygens (including phenoxy) is 1. The van der Waals surface area contributed by atoms with E-state index < -0.39 is 5.91 Å². The first-order valence-electron chi connectivity index (χ1n) is 6.27. The molecule has 4 nitrogen and oxygen atoms in total. The van der Waals surface area contributed by atoms with Gasteiger partial charge in [0.05, 0.1) is 6.61 Å². The molecular weight excluding hydrogens is 228 g/mol. The number of amides is 1. The predicted octanol–water partition coefficient (Wildman–Crippen LogP) is 1.55. The van der Waals surface area contributed by atoms with Crippen molar-refractivity contribution in [3.05, 3.63) is 35.4 Å². The zero-order chi connectivity index (χ0) is 13.4. The maximum absolute atomic E-state index is 11.0. The third-order valence-electron chi connectivity index (χ3n) is 2.41. The Morgan fingerprint density at radius 1 is 1.44 bits per heavy atom. The Balaban J connectivity index is 2.23. The summed E-state index contributed by atoms with van der Waals surface area (Å²) in [6, 6.07) is 7.34. The molecule has 0 heterocycles. The van der Waals surface area contributed by atoms with Crippen molar-refractivity contribution >= 4 is 5.91 Å². The lowest BCUT2D eigenvalue weighted by Crippen LogP contribution is -2.20. The molecule has 0 atom stereocenters. The van der Waals surface area contributed by atoms with Gasteiger partial charge in [0.2, 0.25) is 5.91 Å². The van der Waals surface area contributed by atoms with Crippen LogP contribution in [0.5, 0.6) is 0 Å². The van der Waals surface area contributed by atoms with Gasteiger partial charge in [-0.25, -0.2) is 0 Å². The summed E-state index contributed by atoms with van der Waals surface area (Å²) < 4.78 is 5.46.